The molecule has 2 heterocycles. The lowest BCUT2D eigenvalue weighted by atomic mass is 9.92. The van der Waals surface area contributed by atoms with Gasteiger partial charge in [-0.1, -0.05) is 6.92 Å². The van der Waals surface area contributed by atoms with E-state index in [0.29, 0.717) is 17.9 Å². The lowest BCUT2D eigenvalue weighted by Gasteiger charge is -2.35. The van der Waals surface area contributed by atoms with Gasteiger partial charge in [0.2, 0.25) is 0 Å². The molecule has 2 unspecified atom stereocenters. The molecule has 0 aromatic rings. The molecule has 0 aromatic carbocycles. The van der Waals surface area contributed by atoms with Crippen molar-refractivity contribution in [2.24, 2.45) is 11.8 Å². The molecule has 2 amide bonds. The van der Waals surface area contributed by atoms with Gasteiger partial charge in [-0.15, -0.1) is 0 Å². The average Bonchev–Trinajstić information content (AvgIpc) is 2.75. The van der Waals surface area contributed by atoms with Crippen molar-refractivity contribution in [2.45, 2.75) is 52.0 Å². The first-order valence-corrected chi connectivity index (χ1v) is 7.74. The molecular weight excluding hydrogens is 256 g/mol. The highest BCUT2D eigenvalue weighted by Crippen LogP contribution is 2.27. The fraction of sp³-hybridized carbons (Fsp3) is 0.867. The number of carboxylic acids is 1. The largest absolute Gasteiger partial charge is 0.481 e. The van der Waals surface area contributed by atoms with Crippen molar-refractivity contribution in [1.82, 2.24) is 9.80 Å². The number of hydrogen-bond donors (Lipinski definition) is 1. The van der Waals surface area contributed by atoms with Crippen molar-refractivity contribution in [1.29, 1.82) is 0 Å². The molecule has 0 radical (unpaired) electrons. The summed E-state index contributed by atoms with van der Waals surface area (Å²) in [7, 11) is 0. The predicted octanol–water partition coefficient (Wildman–Crippen LogP) is 2.41. The minimum atomic E-state index is -0.719. The molecule has 1 N–H and O–H groups in total. The SMILES string of the molecule is CC1CC(C)N(C(=O)N2CCC(CCC(=O)O)CC2)C1. The Hall–Kier alpha value is -1.26. The first-order chi connectivity index (χ1) is 9.47. The summed E-state index contributed by atoms with van der Waals surface area (Å²) in [5, 5.41) is 8.71. The van der Waals surface area contributed by atoms with Crippen molar-refractivity contribution >= 4 is 12.0 Å². The molecule has 0 bridgehead atoms. The van der Waals surface area contributed by atoms with Crippen LogP contribution in [0.15, 0.2) is 0 Å². The second-order valence-electron chi connectivity index (χ2n) is 6.49. The molecule has 5 heteroatoms. The number of piperidine rings is 1. The van der Waals surface area contributed by atoms with Gasteiger partial charge in [0.1, 0.15) is 0 Å². The number of carbonyl (C=O) groups is 2. The minimum absolute atomic E-state index is 0.179. The summed E-state index contributed by atoms with van der Waals surface area (Å²) in [6, 6.07) is 0.528. The Labute approximate surface area is 120 Å². The van der Waals surface area contributed by atoms with Crippen LogP contribution in [0.5, 0.6) is 0 Å². The van der Waals surface area contributed by atoms with E-state index in [1.54, 1.807) is 0 Å². The summed E-state index contributed by atoms with van der Waals surface area (Å²) < 4.78 is 0. The normalized spacial score (nSPS) is 27.9. The minimum Gasteiger partial charge on any atom is -0.481 e. The van der Waals surface area contributed by atoms with Crippen molar-refractivity contribution in [3.63, 3.8) is 0 Å². The van der Waals surface area contributed by atoms with Crippen LogP contribution >= 0.6 is 0 Å². The van der Waals surface area contributed by atoms with Crippen LogP contribution in [0.4, 0.5) is 4.79 Å². The maximum atomic E-state index is 12.5. The highest BCUT2D eigenvalue weighted by atomic mass is 16.4. The van der Waals surface area contributed by atoms with E-state index in [4.69, 9.17) is 5.11 Å². The summed E-state index contributed by atoms with van der Waals surface area (Å²) in [6.45, 7) is 6.75. The standard InChI is InChI=1S/C15H26N2O3/c1-11-9-12(2)17(10-11)15(20)16-7-5-13(6-8-16)3-4-14(18)19/h11-13H,3-10H2,1-2H3,(H,18,19). The highest BCUT2D eigenvalue weighted by Gasteiger charge is 2.34. The zero-order valence-corrected chi connectivity index (χ0v) is 12.5. The molecule has 0 aliphatic carbocycles. The summed E-state index contributed by atoms with van der Waals surface area (Å²) in [5.74, 6) is 0.343. The van der Waals surface area contributed by atoms with Gasteiger partial charge in [0.25, 0.3) is 0 Å². The second-order valence-corrected chi connectivity index (χ2v) is 6.49. The van der Waals surface area contributed by atoms with Crippen LogP contribution in [-0.2, 0) is 4.79 Å². The molecule has 2 aliphatic heterocycles. The third kappa shape index (κ3) is 3.64. The maximum absolute atomic E-state index is 12.5. The van der Waals surface area contributed by atoms with Gasteiger partial charge in [0, 0.05) is 32.1 Å². The number of carboxylic acid groups (broad SMARTS) is 1. The van der Waals surface area contributed by atoms with E-state index in [2.05, 4.69) is 13.8 Å². The zero-order chi connectivity index (χ0) is 14.7. The molecule has 0 spiro atoms. The zero-order valence-electron chi connectivity index (χ0n) is 12.5. The molecular formula is C15H26N2O3. The number of amides is 2. The smallest absolute Gasteiger partial charge is 0.320 e. The first-order valence-electron chi connectivity index (χ1n) is 7.74. The average molecular weight is 282 g/mol. The maximum Gasteiger partial charge on any atom is 0.320 e. The van der Waals surface area contributed by atoms with Crippen molar-refractivity contribution in [3.8, 4) is 0 Å². The molecule has 114 valence electrons. The van der Waals surface area contributed by atoms with E-state index < -0.39 is 5.97 Å². The number of hydrogen-bond acceptors (Lipinski definition) is 2. The number of aliphatic carboxylic acids is 1. The molecule has 0 saturated carbocycles. The van der Waals surface area contributed by atoms with E-state index in [1.165, 1.54) is 0 Å². The number of urea groups is 1. The Morgan fingerprint density at radius 1 is 1.20 bits per heavy atom. The molecule has 2 atom stereocenters. The summed E-state index contributed by atoms with van der Waals surface area (Å²) in [4.78, 5) is 27.0. The van der Waals surface area contributed by atoms with Crippen LogP contribution in [-0.4, -0.2) is 52.6 Å². The molecule has 2 saturated heterocycles. The molecule has 2 aliphatic rings. The number of carbonyl (C=O) groups excluding carboxylic acids is 1. The van der Waals surface area contributed by atoms with Gasteiger partial charge in [-0.05, 0) is 44.4 Å². The topological polar surface area (TPSA) is 60.9 Å². The van der Waals surface area contributed by atoms with Crippen LogP contribution in [0.25, 0.3) is 0 Å². The molecule has 2 fully saturated rings. The van der Waals surface area contributed by atoms with Gasteiger partial charge in [-0.25, -0.2) is 4.79 Å². The summed E-state index contributed by atoms with van der Waals surface area (Å²) >= 11 is 0. The van der Waals surface area contributed by atoms with Crippen LogP contribution < -0.4 is 0 Å². The van der Waals surface area contributed by atoms with Crippen LogP contribution in [0.3, 0.4) is 0 Å². The Morgan fingerprint density at radius 2 is 1.85 bits per heavy atom. The van der Waals surface area contributed by atoms with Gasteiger partial charge in [-0.3, -0.25) is 4.79 Å². The van der Waals surface area contributed by atoms with Gasteiger partial charge >= 0.3 is 12.0 Å². The second kappa shape index (κ2) is 6.46. The van der Waals surface area contributed by atoms with E-state index in [-0.39, 0.29) is 12.5 Å². The monoisotopic (exact) mass is 282 g/mol. The van der Waals surface area contributed by atoms with E-state index in [0.717, 1.165) is 45.3 Å². The highest BCUT2D eigenvalue weighted by molar-refractivity contribution is 5.75. The third-order valence-corrected chi connectivity index (χ3v) is 4.68. The summed E-state index contributed by atoms with van der Waals surface area (Å²) in [5.41, 5.74) is 0. The molecule has 0 aromatic heterocycles. The quantitative estimate of drug-likeness (QED) is 0.864. The van der Waals surface area contributed by atoms with E-state index >= 15 is 0 Å². The van der Waals surface area contributed by atoms with E-state index in [9.17, 15) is 9.59 Å². The Bertz CT molecular complexity index is 364. The Kier molecular flexibility index (Phi) is 4.89. The van der Waals surface area contributed by atoms with E-state index in [1.807, 2.05) is 9.80 Å². The van der Waals surface area contributed by atoms with Crippen molar-refractivity contribution in [2.75, 3.05) is 19.6 Å². The van der Waals surface area contributed by atoms with Crippen molar-refractivity contribution < 1.29 is 14.7 Å². The molecule has 20 heavy (non-hydrogen) atoms. The molecule has 2 rings (SSSR count). The van der Waals surface area contributed by atoms with Crippen molar-refractivity contribution in [3.05, 3.63) is 0 Å². The lowest BCUT2D eigenvalue weighted by molar-refractivity contribution is -0.137. The number of likely N-dealkylation sites (tertiary alicyclic amines) is 2. The fourth-order valence-corrected chi connectivity index (χ4v) is 3.49. The van der Waals surface area contributed by atoms with Crippen LogP contribution in [0.1, 0.15) is 46.0 Å². The van der Waals surface area contributed by atoms with Gasteiger partial charge < -0.3 is 14.9 Å². The molecule has 5 nitrogen and oxygen atoms in total. The lowest BCUT2D eigenvalue weighted by Crippen LogP contribution is -2.47. The first kappa shape index (κ1) is 15.1. The number of nitrogens with zero attached hydrogens (tertiary/aromatic N) is 2. The fourth-order valence-electron chi connectivity index (χ4n) is 3.49. The van der Waals surface area contributed by atoms with Crippen LogP contribution in [0, 0.1) is 11.8 Å². The Balaban J connectivity index is 1.78. The predicted molar refractivity (Wildman–Crippen MR) is 76.5 cm³/mol. The third-order valence-electron chi connectivity index (χ3n) is 4.68. The van der Waals surface area contributed by atoms with Crippen LogP contribution in [0.2, 0.25) is 0 Å². The number of rotatable bonds is 3. The van der Waals surface area contributed by atoms with Gasteiger partial charge in [0.15, 0.2) is 0 Å². The van der Waals surface area contributed by atoms with Gasteiger partial charge in [-0.2, -0.15) is 0 Å². The van der Waals surface area contributed by atoms with Gasteiger partial charge in [0.05, 0.1) is 0 Å². The Morgan fingerprint density at radius 3 is 2.35 bits per heavy atom. The summed E-state index contributed by atoms with van der Waals surface area (Å²) in [6.07, 6.45) is 3.97.